The van der Waals surface area contributed by atoms with Gasteiger partial charge >= 0.3 is 0 Å². The van der Waals surface area contributed by atoms with Gasteiger partial charge in [0, 0.05) is 19.7 Å². The molecular formula is C15H15FN4O3. The molecule has 0 saturated carbocycles. The lowest BCUT2D eigenvalue weighted by Gasteiger charge is -2.20. The molecule has 0 bridgehead atoms. The number of amides is 1. The number of primary amides is 1. The summed E-state index contributed by atoms with van der Waals surface area (Å²) in [6.45, 7) is 1.92. The van der Waals surface area contributed by atoms with Crippen LogP contribution in [0.3, 0.4) is 0 Å². The normalized spacial score (nSPS) is 10.4. The lowest BCUT2D eigenvalue weighted by molar-refractivity contribution is -0.385. The Kier molecular flexibility index (Phi) is 4.54. The molecule has 2 aromatic rings. The van der Waals surface area contributed by atoms with Gasteiger partial charge < -0.3 is 10.6 Å². The molecule has 8 heteroatoms. The van der Waals surface area contributed by atoms with Crippen molar-refractivity contribution in [1.82, 2.24) is 4.98 Å². The van der Waals surface area contributed by atoms with Gasteiger partial charge in [0.15, 0.2) is 0 Å². The Labute approximate surface area is 131 Å². The third kappa shape index (κ3) is 3.60. The molecule has 1 amide bonds. The molecule has 1 aromatic carbocycles. The molecule has 23 heavy (non-hydrogen) atoms. The quantitative estimate of drug-likeness (QED) is 0.672. The van der Waals surface area contributed by atoms with E-state index in [2.05, 4.69) is 4.98 Å². The summed E-state index contributed by atoms with van der Waals surface area (Å²) in [7, 11) is 1.64. The molecular weight excluding hydrogens is 303 g/mol. The van der Waals surface area contributed by atoms with Crippen molar-refractivity contribution < 1.29 is 14.1 Å². The third-order valence-corrected chi connectivity index (χ3v) is 3.35. The highest BCUT2D eigenvalue weighted by atomic mass is 19.1. The van der Waals surface area contributed by atoms with Gasteiger partial charge in [0.2, 0.25) is 0 Å². The number of aryl methyl sites for hydroxylation is 1. The van der Waals surface area contributed by atoms with Crippen molar-refractivity contribution in [2.24, 2.45) is 5.73 Å². The fourth-order valence-corrected chi connectivity index (χ4v) is 2.12. The van der Waals surface area contributed by atoms with Gasteiger partial charge in [-0.3, -0.25) is 14.9 Å². The summed E-state index contributed by atoms with van der Waals surface area (Å²) >= 11 is 0. The molecule has 2 rings (SSSR count). The predicted octanol–water partition coefficient (Wildman–Crippen LogP) is 2.17. The minimum Gasteiger partial charge on any atom is -0.365 e. The number of hydrogen-bond donors (Lipinski definition) is 1. The first-order valence-corrected chi connectivity index (χ1v) is 6.70. The molecule has 0 atom stereocenters. The van der Waals surface area contributed by atoms with E-state index in [0.717, 1.165) is 12.3 Å². The largest absolute Gasteiger partial charge is 0.365 e. The molecule has 0 radical (unpaired) electrons. The number of halogens is 1. The number of rotatable bonds is 5. The van der Waals surface area contributed by atoms with E-state index in [-0.39, 0.29) is 29.4 Å². The minimum absolute atomic E-state index is 0.0608. The molecule has 0 aliphatic heterocycles. The van der Waals surface area contributed by atoms with Crippen LogP contribution in [0.4, 0.5) is 15.9 Å². The van der Waals surface area contributed by atoms with Gasteiger partial charge in [-0.15, -0.1) is 0 Å². The second-order valence-corrected chi connectivity index (χ2v) is 5.13. The van der Waals surface area contributed by atoms with Crippen molar-refractivity contribution in [3.05, 3.63) is 63.1 Å². The SMILES string of the molecule is Cc1ccc(CN(C)c2ncc([N+](=O)[O-])cc2C(N)=O)cc1F. The first-order chi connectivity index (χ1) is 10.8. The topological polar surface area (TPSA) is 102 Å². The van der Waals surface area contributed by atoms with Crippen molar-refractivity contribution >= 4 is 17.4 Å². The maximum absolute atomic E-state index is 13.6. The first-order valence-electron chi connectivity index (χ1n) is 6.70. The van der Waals surface area contributed by atoms with Gasteiger partial charge in [0.25, 0.3) is 11.6 Å². The van der Waals surface area contributed by atoms with Crippen LogP contribution < -0.4 is 10.6 Å². The minimum atomic E-state index is -0.821. The zero-order valence-corrected chi connectivity index (χ0v) is 12.6. The average Bonchev–Trinajstić information content (AvgIpc) is 2.50. The van der Waals surface area contributed by atoms with Gasteiger partial charge in [-0.25, -0.2) is 9.37 Å². The van der Waals surface area contributed by atoms with Gasteiger partial charge in [0.05, 0.1) is 10.5 Å². The van der Waals surface area contributed by atoms with E-state index < -0.39 is 10.8 Å². The Morgan fingerprint density at radius 3 is 2.70 bits per heavy atom. The van der Waals surface area contributed by atoms with E-state index in [1.165, 1.54) is 6.07 Å². The molecule has 0 unspecified atom stereocenters. The van der Waals surface area contributed by atoms with Crippen LogP contribution in [0.2, 0.25) is 0 Å². The van der Waals surface area contributed by atoms with Crippen molar-refractivity contribution in [2.45, 2.75) is 13.5 Å². The highest BCUT2D eigenvalue weighted by molar-refractivity contribution is 5.98. The Bertz CT molecular complexity index is 779. The van der Waals surface area contributed by atoms with Gasteiger partial charge in [0.1, 0.15) is 17.8 Å². The van der Waals surface area contributed by atoms with Crippen LogP contribution in [0.15, 0.2) is 30.5 Å². The van der Waals surface area contributed by atoms with E-state index in [0.29, 0.717) is 11.1 Å². The number of aromatic nitrogens is 1. The summed E-state index contributed by atoms with van der Waals surface area (Å²) in [5, 5.41) is 10.8. The van der Waals surface area contributed by atoms with Crippen LogP contribution in [-0.4, -0.2) is 22.9 Å². The molecule has 2 N–H and O–H groups in total. The van der Waals surface area contributed by atoms with Gasteiger partial charge in [-0.05, 0) is 24.1 Å². The fraction of sp³-hybridized carbons (Fsp3) is 0.200. The zero-order valence-electron chi connectivity index (χ0n) is 12.6. The number of anilines is 1. The summed E-state index contributed by atoms with van der Waals surface area (Å²) in [6, 6.07) is 5.87. The Balaban J connectivity index is 2.34. The highest BCUT2D eigenvalue weighted by Crippen LogP contribution is 2.23. The molecule has 0 aliphatic rings. The van der Waals surface area contributed by atoms with E-state index >= 15 is 0 Å². The monoisotopic (exact) mass is 318 g/mol. The maximum Gasteiger partial charge on any atom is 0.288 e. The van der Waals surface area contributed by atoms with Crippen molar-refractivity contribution in [1.29, 1.82) is 0 Å². The van der Waals surface area contributed by atoms with E-state index in [4.69, 9.17) is 5.73 Å². The van der Waals surface area contributed by atoms with E-state index in [1.54, 1.807) is 31.0 Å². The molecule has 0 saturated heterocycles. The van der Waals surface area contributed by atoms with E-state index in [9.17, 15) is 19.3 Å². The average molecular weight is 318 g/mol. The predicted molar refractivity (Wildman–Crippen MR) is 82.7 cm³/mol. The number of benzene rings is 1. The summed E-state index contributed by atoms with van der Waals surface area (Å²) in [5.74, 6) is -0.954. The lowest BCUT2D eigenvalue weighted by Crippen LogP contribution is -2.23. The molecule has 1 heterocycles. The molecule has 7 nitrogen and oxygen atoms in total. The van der Waals surface area contributed by atoms with E-state index in [1.807, 2.05) is 0 Å². The highest BCUT2D eigenvalue weighted by Gasteiger charge is 2.19. The number of pyridine rings is 1. The zero-order chi connectivity index (χ0) is 17.1. The first kappa shape index (κ1) is 16.3. The number of nitrogens with two attached hydrogens (primary N) is 1. The van der Waals surface area contributed by atoms with Crippen LogP contribution in [-0.2, 0) is 6.54 Å². The van der Waals surface area contributed by atoms with Crippen molar-refractivity contribution in [2.75, 3.05) is 11.9 Å². The van der Waals surface area contributed by atoms with Crippen LogP contribution in [0, 0.1) is 22.9 Å². The number of hydrogen-bond acceptors (Lipinski definition) is 5. The van der Waals surface area contributed by atoms with Crippen LogP contribution in [0.5, 0.6) is 0 Å². The number of carbonyl (C=O) groups is 1. The van der Waals surface area contributed by atoms with Crippen LogP contribution in [0.25, 0.3) is 0 Å². The summed E-state index contributed by atoms with van der Waals surface area (Å²) < 4.78 is 13.6. The van der Waals surface area contributed by atoms with Crippen molar-refractivity contribution in [3.8, 4) is 0 Å². The second-order valence-electron chi connectivity index (χ2n) is 5.13. The van der Waals surface area contributed by atoms with Gasteiger partial charge in [-0.1, -0.05) is 12.1 Å². The van der Waals surface area contributed by atoms with Crippen molar-refractivity contribution in [3.63, 3.8) is 0 Å². The summed E-state index contributed by atoms with van der Waals surface area (Å²) in [5.41, 5.74) is 6.09. The molecule has 0 aliphatic carbocycles. The summed E-state index contributed by atoms with van der Waals surface area (Å²) in [4.78, 5) is 27.2. The fourth-order valence-electron chi connectivity index (χ4n) is 2.12. The molecule has 1 aromatic heterocycles. The smallest absolute Gasteiger partial charge is 0.288 e. The second kappa shape index (κ2) is 6.39. The number of carbonyl (C=O) groups excluding carboxylic acids is 1. The third-order valence-electron chi connectivity index (χ3n) is 3.35. The van der Waals surface area contributed by atoms with Gasteiger partial charge in [-0.2, -0.15) is 0 Å². The lowest BCUT2D eigenvalue weighted by atomic mass is 10.1. The number of nitro groups is 1. The Morgan fingerprint density at radius 1 is 1.43 bits per heavy atom. The van der Waals surface area contributed by atoms with Crippen LogP contribution >= 0.6 is 0 Å². The molecule has 0 spiro atoms. The maximum atomic E-state index is 13.6. The molecule has 0 fully saturated rings. The molecule has 120 valence electrons. The Morgan fingerprint density at radius 2 is 2.13 bits per heavy atom. The van der Waals surface area contributed by atoms with Crippen LogP contribution in [0.1, 0.15) is 21.5 Å². The summed E-state index contributed by atoms with van der Waals surface area (Å²) in [6.07, 6.45) is 1.05. The number of nitrogens with zero attached hydrogens (tertiary/aromatic N) is 3. The Hall–Kier alpha value is -3.03. The standard InChI is InChI=1S/C15H15FN4O3/c1-9-3-4-10(5-13(9)16)8-19(2)15-12(14(17)21)6-11(7-18-15)20(22)23/h3-7H,8H2,1-2H3,(H2,17,21).